The number of carbonyl (C=O) groups is 3. The third kappa shape index (κ3) is 2.52. The van der Waals surface area contributed by atoms with E-state index in [0.29, 0.717) is 32.1 Å². The van der Waals surface area contributed by atoms with Crippen molar-refractivity contribution >= 4 is 17.3 Å². The molecule has 1 fully saturated rings. The molecule has 1 aliphatic rings. The summed E-state index contributed by atoms with van der Waals surface area (Å²) in [5.41, 5.74) is -0.858. The molecular weight excluding hydrogens is 192 g/mol. The molecule has 0 aromatic carbocycles. The molecular formula is C12H18O3. The van der Waals surface area contributed by atoms with Crippen molar-refractivity contribution in [2.75, 3.05) is 0 Å². The first kappa shape index (κ1) is 12.1. The molecule has 1 saturated carbocycles. The van der Waals surface area contributed by atoms with Gasteiger partial charge in [-0.2, -0.15) is 0 Å². The summed E-state index contributed by atoms with van der Waals surface area (Å²) < 4.78 is 0. The smallest absolute Gasteiger partial charge is 0.146 e. The van der Waals surface area contributed by atoms with Crippen LogP contribution in [0, 0.1) is 5.41 Å². The van der Waals surface area contributed by atoms with Gasteiger partial charge in [0.15, 0.2) is 0 Å². The van der Waals surface area contributed by atoms with E-state index in [1.54, 1.807) is 6.92 Å². The summed E-state index contributed by atoms with van der Waals surface area (Å²) in [6.07, 6.45) is 2.87. The minimum atomic E-state index is -0.858. The van der Waals surface area contributed by atoms with Crippen LogP contribution in [0.1, 0.15) is 52.4 Å². The van der Waals surface area contributed by atoms with Gasteiger partial charge >= 0.3 is 0 Å². The van der Waals surface area contributed by atoms with Gasteiger partial charge in [-0.1, -0.05) is 6.92 Å². The van der Waals surface area contributed by atoms with Gasteiger partial charge in [-0.25, -0.2) is 0 Å². The van der Waals surface area contributed by atoms with Gasteiger partial charge in [0.1, 0.15) is 17.3 Å². The molecule has 84 valence electrons. The summed E-state index contributed by atoms with van der Waals surface area (Å²) in [4.78, 5) is 34.4. The van der Waals surface area contributed by atoms with E-state index >= 15 is 0 Å². The van der Waals surface area contributed by atoms with Crippen molar-refractivity contribution in [3.8, 4) is 0 Å². The SMILES string of the molecule is CCCC(=O)CCC1(C)C(=O)CCC1=O. The predicted molar refractivity (Wildman–Crippen MR) is 56.5 cm³/mol. The Bertz CT molecular complexity index is 275. The normalized spacial score (nSPS) is 19.6. The maximum absolute atomic E-state index is 11.5. The molecule has 0 aliphatic heterocycles. The van der Waals surface area contributed by atoms with Crippen molar-refractivity contribution in [2.45, 2.75) is 52.4 Å². The van der Waals surface area contributed by atoms with Crippen LogP contribution in [0.4, 0.5) is 0 Å². The summed E-state index contributed by atoms with van der Waals surface area (Å²) in [5.74, 6) is 0.180. The van der Waals surface area contributed by atoms with E-state index in [9.17, 15) is 14.4 Å². The van der Waals surface area contributed by atoms with Gasteiger partial charge < -0.3 is 0 Å². The van der Waals surface area contributed by atoms with Crippen molar-refractivity contribution in [2.24, 2.45) is 5.41 Å². The fourth-order valence-corrected chi connectivity index (χ4v) is 2.01. The molecule has 0 bridgehead atoms. The third-order valence-corrected chi connectivity index (χ3v) is 3.24. The zero-order valence-corrected chi connectivity index (χ0v) is 9.47. The summed E-state index contributed by atoms with van der Waals surface area (Å²) in [7, 11) is 0. The minimum absolute atomic E-state index is 0.0109. The van der Waals surface area contributed by atoms with E-state index in [0.717, 1.165) is 6.42 Å². The number of rotatable bonds is 5. The molecule has 3 nitrogen and oxygen atoms in total. The molecule has 0 spiro atoms. The van der Waals surface area contributed by atoms with Gasteiger partial charge in [-0.05, 0) is 19.8 Å². The van der Waals surface area contributed by atoms with Gasteiger partial charge in [0, 0.05) is 25.7 Å². The maximum atomic E-state index is 11.5. The lowest BCUT2D eigenvalue weighted by Gasteiger charge is -2.19. The van der Waals surface area contributed by atoms with Crippen LogP contribution < -0.4 is 0 Å². The Hall–Kier alpha value is -0.990. The standard InChI is InChI=1S/C12H18O3/c1-3-4-9(13)7-8-12(2)10(14)5-6-11(12)15/h3-8H2,1-2H3. The molecule has 0 amide bonds. The lowest BCUT2D eigenvalue weighted by molar-refractivity contribution is -0.134. The molecule has 0 heterocycles. The first-order chi connectivity index (χ1) is 7.00. The van der Waals surface area contributed by atoms with E-state index in [1.165, 1.54) is 0 Å². The first-order valence-corrected chi connectivity index (χ1v) is 5.59. The van der Waals surface area contributed by atoms with Crippen molar-refractivity contribution < 1.29 is 14.4 Å². The number of ketones is 3. The number of Topliss-reactive ketones (excluding diaryl/α,β-unsaturated/α-hetero) is 3. The van der Waals surface area contributed by atoms with Gasteiger partial charge in [0.25, 0.3) is 0 Å². The molecule has 1 aliphatic carbocycles. The first-order valence-electron chi connectivity index (χ1n) is 5.59. The topological polar surface area (TPSA) is 51.2 Å². The largest absolute Gasteiger partial charge is 0.300 e. The Kier molecular flexibility index (Phi) is 3.77. The van der Waals surface area contributed by atoms with Crippen molar-refractivity contribution in [3.63, 3.8) is 0 Å². The summed E-state index contributed by atoms with van der Waals surface area (Å²) in [6.45, 7) is 3.63. The van der Waals surface area contributed by atoms with Crippen LogP contribution in [-0.4, -0.2) is 17.3 Å². The number of hydrogen-bond acceptors (Lipinski definition) is 3. The second-order valence-corrected chi connectivity index (χ2v) is 4.47. The lowest BCUT2D eigenvalue weighted by Crippen LogP contribution is -2.29. The average Bonchev–Trinajstić information content (AvgIpc) is 2.44. The Morgan fingerprint density at radius 2 is 1.73 bits per heavy atom. The van der Waals surface area contributed by atoms with E-state index < -0.39 is 5.41 Å². The van der Waals surface area contributed by atoms with Gasteiger partial charge in [0.2, 0.25) is 0 Å². The third-order valence-electron chi connectivity index (χ3n) is 3.24. The Morgan fingerprint density at radius 1 is 1.20 bits per heavy atom. The molecule has 0 N–H and O–H groups in total. The van der Waals surface area contributed by atoms with Crippen LogP contribution >= 0.6 is 0 Å². The Labute approximate surface area is 90.2 Å². The van der Waals surface area contributed by atoms with Crippen molar-refractivity contribution in [3.05, 3.63) is 0 Å². The van der Waals surface area contributed by atoms with Crippen LogP contribution in [0.5, 0.6) is 0 Å². The van der Waals surface area contributed by atoms with E-state index in [4.69, 9.17) is 0 Å². The Morgan fingerprint density at radius 3 is 2.20 bits per heavy atom. The highest BCUT2D eigenvalue weighted by Gasteiger charge is 2.44. The second-order valence-electron chi connectivity index (χ2n) is 4.47. The molecule has 15 heavy (non-hydrogen) atoms. The highest BCUT2D eigenvalue weighted by atomic mass is 16.2. The summed E-state index contributed by atoms with van der Waals surface area (Å²) in [5, 5.41) is 0. The van der Waals surface area contributed by atoms with Crippen LogP contribution in [0.15, 0.2) is 0 Å². The number of carbonyl (C=O) groups excluding carboxylic acids is 3. The molecule has 0 saturated heterocycles. The second kappa shape index (κ2) is 4.69. The molecule has 3 heteroatoms. The molecule has 0 atom stereocenters. The molecule has 1 rings (SSSR count). The molecule has 0 unspecified atom stereocenters. The van der Waals surface area contributed by atoms with Crippen molar-refractivity contribution in [1.82, 2.24) is 0 Å². The molecule has 0 aromatic heterocycles. The van der Waals surface area contributed by atoms with Crippen LogP contribution in [0.25, 0.3) is 0 Å². The van der Waals surface area contributed by atoms with Crippen LogP contribution in [0.3, 0.4) is 0 Å². The molecule has 0 radical (unpaired) electrons. The number of hydrogen-bond donors (Lipinski definition) is 0. The van der Waals surface area contributed by atoms with Crippen LogP contribution in [0.2, 0.25) is 0 Å². The highest BCUT2D eigenvalue weighted by Crippen LogP contribution is 2.35. The Balaban J connectivity index is 2.53. The van der Waals surface area contributed by atoms with E-state index in [2.05, 4.69) is 0 Å². The van der Waals surface area contributed by atoms with Crippen LogP contribution in [-0.2, 0) is 14.4 Å². The van der Waals surface area contributed by atoms with Crippen molar-refractivity contribution in [1.29, 1.82) is 0 Å². The minimum Gasteiger partial charge on any atom is -0.300 e. The highest BCUT2D eigenvalue weighted by molar-refractivity contribution is 6.12. The molecule has 0 aromatic rings. The fourth-order valence-electron chi connectivity index (χ4n) is 2.01. The monoisotopic (exact) mass is 210 g/mol. The summed E-state index contributed by atoms with van der Waals surface area (Å²) >= 11 is 0. The van der Waals surface area contributed by atoms with Gasteiger partial charge in [-0.15, -0.1) is 0 Å². The fraction of sp³-hybridized carbons (Fsp3) is 0.750. The van der Waals surface area contributed by atoms with E-state index in [-0.39, 0.29) is 17.3 Å². The maximum Gasteiger partial charge on any atom is 0.146 e. The quantitative estimate of drug-likeness (QED) is 0.653. The predicted octanol–water partition coefficient (Wildman–Crippen LogP) is 2.07. The lowest BCUT2D eigenvalue weighted by atomic mass is 9.81. The van der Waals surface area contributed by atoms with Gasteiger partial charge in [-0.3, -0.25) is 14.4 Å². The van der Waals surface area contributed by atoms with Gasteiger partial charge in [0.05, 0.1) is 5.41 Å². The zero-order chi connectivity index (χ0) is 11.5. The average molecular weight is 210 g/mol. The van der Waals surface area contributed by atoms with E-state index in [1.807, 2.05) is 6.92 Å². The summed E-state index contributed by atoms with van der Waals surface area (Å²) in [6, 6.07) is 0. The zero-order valence-electron chi connectivity index (χ0n) is 9.47.